The molecule has 0 aliphatic heterocycles. The molecule has 0 saturated heterocycles. The number of hydrogen-bond acceptors (Lipinski definition) is 5. The Labute approximate surface area is 117 Å². The first-order chi connectivity index (χ1) is 9.65. The first-order valence-corrected chi connectivity index (χ1v) is 6.68. The molecule has 1 N–H and O–H groups in total. The van der Waals surface area contributed by atoms with Crippen molar-refractivity contribution < 1.29 is 9.66 Å². The molecule has 0 aromatic heterocycles. The second kappa shape index (κ2) is 6.35. The highest BCUT2D eigenvalue weighted by Gasteiger charge is 2.28. The monoisotopic (exact) mass is 275 g/mol. The maximum atomic E-state index is 11.0. The first-order valence-electron chi connectivity index (χ1n) is 6.68. The molecule has 2 atom stereocenters. The van der Waals surface area contributed by atoms with E-state index < -0.39 is 4.92 Å². The van der Waals surface area contributed by atoms with Crippen molar-refractivity contribution in [2.45, 2.75) is 37.8 Å². The number of nitrogens with one attached hydrogen (secondary N) is 1. The summed E-state index contributed by atoms with van der Waals surface area (Å²) in [5.74, 6) is 0.182. The summed E-state index contributed by atoms with van der Waals surface area (Å²) in [5, 5.41) is 23.1. The Morgan fingerprint density at radius 2 is 2.20 bits per heavy atom. The third-order valence-electron chi connectivity index (χ3n) is 3.64. The lowest BCUT2D eigenvalue weighted by Gasteiger charge is -2.31. The molecule has 0 heterocycles. The van der Waals surface area contributed by atoms with E-state index in [2.05, 4.69) is 5.32 Å². The minimum absolute atomic E-state index is 0.0931. The molecule has 1 aliphatic rings. The molecule has 6 nitrogen and oxygen atoms in total. The van der Waals surface area contributed by atoms with E-state index in [-0.39, 0.29) is 23.6 Å². The minimum Gasteiger partial charge on any atom is -0.482 e. The van der Waals surface area contributed by atoms with Crippen LogP contribution in [0.4, 0.5) is 5.69 Å². The SMILES string of the molecule is CNC1CCCCC1Oc1cc(C#N)ccc1[N+](=O)[O-]. The summed E-state index contributed by atoms with van der Waals surface area (Å²) in [4.78, 5) is 10.6. The van der Waals surface area contributed by atoms with Gasteiger partial charge in [-0.2, -0.15) is 5.26 Å². The van der Waals surface area contributed by atoms with Crippen molar-refractivity contribution in [3.63, 3.8) is 0 Å². The van der Waals surface area contributed by atoms with Crippen LogP contribution in [0.5, 0.6) is 5.75 Å². The second-order valence-corrected chi connectivity index (χ2v) is 4.89. The zero-order chi connectivity index (χ0) is 14.5. The first kappa shape index (κ1) is 14.3. The molecule has 1 aromatic carbocycles. The van der Waals surface area contributed by atoms with E-state index in [1.165, 1.54) is 18.2 Å². The molecule has 0 amide bonds. The molecular weight excluding hydrogens is 258 g/mol. The standard InChI is InChI=1S/C14H17N3O3/c1-16-11-4-2-3-5-13(11)20-14-8-10(9-15)6-7-12(14)17(18)19/h6-8,11,13,16H,2-5H2,1H3. The zero-order valence-corrected chi connectivity index (χ0v) is 11.3. The van der Waals surface area contributed by atoms with Gasteiger partial charge in [-0.3, -0.25) is 10.1 Å². The number of hydrogen-bond donors (Lipinski definition) is 1. The van der Waals surface area contributed by atoms with Gasteiger partial charge in [-0.1, -0.05) is 6.42 Å². The van der Waals surface area contributed by atoms with Gasteiger partial charge in [0.05, 0.1) is 16.6 Å². The molecule has 2 unspecified atom stereocenters. The number of nitro benzene ring substituents is 1. The van der Waals surface area contributed by atoms with Gasteiger partial charge in [-0.15, -0.1) is 0 Å². The van der Waals surface area contributed by atoms with E-state index in [0.29, 0.717) is 5.56 Å². The number of benzene rings is 1. The lowest BCUT2D eigenvalue weighted by atomic mass is 9.92. The fourth-order valence-electron chi connectivity index (χ4n) is 2.56. The Morgan fingerprint density at radius 3 is 2.85 bits per heavy atom. The van der Waals surface area contributed by atoms with E-state index in [0.717, 1.165) is 25.7 Å². The summed E-state index contributed by atoms with van der Waals surface area (Å²) in [7, 11) is 1.87. The van der Waals surface area contributed by atoms with E-state index >= 15 is 0 Å². The molecule has 6 heteroatoms. The van der Waals surface area contributed by atoms with Crippen LogP contribution in [-0.2, 0) is 0 Å². The zero-order valence-electron chi connectivity index (χ0n) is 11.3. The van der Waals surface area contributed by atoms with E-state index in [4.69, 9.17) is 10.00 Å². The molecule has 106 valence electrons. The van der Waals surface area contributed by atoms with Crippen molar-refractivity contribution in [1.29, 1.82) is 5.26 Å². The van der Waals surface area contributed by atoms with Crippen LogP contribution in [0.25, 0.3) is 0 Å². The van der Waals surface area contributed by atoms with Crippen molar-refractivity contribution in [3.8, 4) is 11.8 Å². The van der Waals surface area contributed by atoms with Gasteiger partial charge in [0, 0.05) is 18.2 Å². The Kier molecular flexibility index (Phi) is 4.53. The average molecular weight is 275 g/mol. The molecule has 1 saturated carbocycles. The Morgan fingerprint density at radius 1 is 1.45 bits per heavy atom. The molecule has 0 bridgehead atoms. The van der Waals surface area contributed by atoms with Crippen LogP contribution in [0.3, 0.4) is 0 Å². The highest BCUT2D eigenvalue weighted by atomic mass is 16.6. The fourth-order valence-corrected chi connectivity index (χ4v) is 2.56. The minimum atomic E-state index is -0.478. The van der Waals surface area contributed by atoms with Gasteiger partial charge >= 0.3 is 5.69 Å². The highest BCUT2D eigenvalue weighted by molar-refractivity contribution is 5.51. The Hall–Kier alpha value is -2.13. The quantitative estimate of drug-likeness (QED) is 0.673. The summed E-state index contributed by atoms with van der Waals surface area (Å²) < 4.78 is 5.84. The summed E-state index contributed by atoms with van der Waals surface area (Å²) in [6.07, 6.45) is 3.94. The Bertz CT molecular complexity index is 539. The number of nitriles is 1. The van der Waals surface area contributed by atoms with Crippen molar-refractivity contribution in [2.75, 3.05) is 7.05 Å². The predicted molar refractivity (Wildman–Crippen MR) is 73.5 cm³/mol. The predicted octanol–water partition coefficient (Wildman–Crippen LogP) is 2.38. The van der Waals surface area contributed by atoms with E-state index in [9.17, 15) is 10.1 Å². The Balaban J connectivity index is 2.26. The van der Waals surface area contributed by atoms with Crippen LogP contribution >= 0.6 is 0 Å². The topological polar surface area (TPSA) is 88.2 Å². The van der Waals surface area contributed by atoms with Crippen molar-refractivity contribution in [3.05, 3.63) is 33.9 Å². The van der Waals surface area contributed by atoms with Crippen LogP contribution in [0, 0.1) is 21.4 Å². The molecule has 20 heavy (non-hydrogen) atoms. The summed E-state index contributed by atoms with van der Waals surface area (Å²) in [6.45, 7) is 0. The van der Waals surface area contributed by atoms with Crippen LogP contribution < -0.4 is 10.1 Å². The normalized spacial score (nSPS) is 22.0. The smallest absolute Gasteiger partial charge is 0.311 e. The second-order valence-electron chi connectivity index (χ2n) is 4.89. The summed E-state index contributed by atoms with van der Waals surface area (Å²) in [5.41, 5.74) is 0.270. The van der Waals surface area contributed by atoms with Gasteiger partial charge in [-0.05, 0) is 32.4 Å². The number of ether oxygens (including phenoxy) is 1. The van der Waals surface area contributed by atoms with Gasteiger partial charge in [0.25, 0.3) is 0 Å². The van der Waals surface area contributed by atoms with Gasteiger partial charge in [0.15, 0.2) is 5.75 Å². The lowest BCUT2D eigenvalue weighted by molar-refractivity contribution is -0.386. The van der Waals surface area contributed by atoms with Crippen LogP contribution in [0.15, 0.2) is 18.2 Å². The van der Waals surface area contributed by atoms with Crippen LogP contribution in [-0.4, -0.2) is 24.1 Å². The van der Waals surface area contributed by atoms with Crippen LogP contribution in [0.1, 0.15) is 31.2 Å². The molecule has 1 aromatic rings. The summed E-state index contributed by atoms with van der Waals surface area (Å²) in [6, 6.07) is 6.37. The maximum Gasteiger partial charge on any atom is 0.311 e. The summed E-state index contributed by atoms with van der Waals surface area (Å²) >= 11 is 0. The van der Waals surface area contributed by atoms with E-state index in [1.807, 2.05) is 13.1 Å². The van der Waals surface area contributed by atoms with Crippen molar-refractivity contribution in [1.82, 2.24) is 5.32 Å². The van der Waals surface area contributed by atoms with Crippen molar-refractivity contribution >= 4 is 5.69 Å². The third-order valence-corrected chi connectivity index (χ3v) is 3.64. The molecular formula is C14H17N3O3. The molecule has 1 aliphatic carbocycles. The van der Waals surface area contributed by atoms with Gasteiger partial charge < -0.3 is 10.1 Å². The van der Waals surface area contributed by atoms with Crippen LogP contribution in [0.2, 0.25) is 0 Å². The molecule has 0 spiro atoms. The fraction of sp³-hybridized carbons (Fsp3) is 0.500. The van der Waals surface area contributed by atoms with Crippen molar-refractivity contribution in [2.24, 2.45) is 0 Å². The van der Waals surface area contributed by atoms with E-state index in [1.54, 1.807) is 0 Å². The number of nitro groups is 1. The maximum absolute atomic E-state index is 11.0. The molecule has 2 rings (SSSR count). The van der Waals surface area contributed by atoms with Gasteiger partial charge in [-0.25, -0.2) is 0 Å². The van der Waals surface area contributed by atoms with Gasteiger partial charge in [0.2, 0.25) is 0 Å². The number of rotatable bonds is 4. The average Bonchev–Trinajstić information content (AvgIpc) is 2.47. The number of nitrogens with zero attached hydrogens (tertiary/aromatic N) is 2. The largest absolute Gasteiger partial charge is 0.482 e. The third kappa shape index (κ3) is 3.06. The molecule has 0 radical (unpaired) electrons. The highest BCUT2D eigenvalue weighted by Crippen LogP contribution is 2.31. The number of likely N-dealkylation sites (N-methyl/N-ethyl adjacent to an activating group) is 1. The van der Waals surface area contributed by atoms with Gasteiger partial charge in [0.1, 0.15) is 6.10 Å². The lowest BCUT2D eigenvalue weighted by Crippen LogP contribution is -2.43. The molecule has 1 fully saturated rings.